The van der Waals surface area contributed by atoms with E-state index < -0.39 is 0 Å². The second-order valence-corrected chi connectivity index (χ2v) is 7.94. The molecule has 1 aromatic heterocycles. The van der Waals surface area contributed by atoms with Gasteiger partial charge in [0.1, 0.15) is 5.82 Å². The van der Waals surface area contributed by atoms with E-state index in [1.165, 1.54) is 12.0 Å². The van der Waals surface area contributed by atoms with Crippen molar-refractivity contribution in [2.45, 2.75) is 52.0 Å². The molecular weight excluding hydrogens is 388 g/mol. The molecule has 1 aromatic carbocycles. The highest BCUT2D eigenvalue weighted by Gasteiger charge is 2.15. The van der Waals surface area contributed by atoms with E-state index in [4.69, 9.17) is 0 Å². The molecule has 0 radical (unpaired) electrons. The van der Waals surface area contributed by atoms with Crippen LogP contribution in [0.5, 0.6) is 0 Å². The molecule has 2 aromatic rings. The minimum atomic E-state index is 0.303. The molecule has 0 spiro atoms. The summed E-state index contributed by atoms with van der Waals surface area (Å²) < 4.78 is 2.19. The number of benzene rings is 1. The van der Waals surface area contributed by atoms with Gasteiger partial charge in [-0.2, -0.15) is 0 Å². The van der Waals surface area contributed by atoms with Gasteiger partial charge in [0.15, 0.2) is 5.96 Å². The number of carbonyl (C=O) groups is 1. The lowest BCUT2D eigenvalue weighted by molar-refractivity contribution is -0.130. The van der Waals surface area contributed by atoms with Crippen molar-refractivity contribution in [2.75, 3.05) is 32.7 Å². The number of hydrogen-bond donors (Lipinski definition) is 2. The Hall–Kier alpha value is -2.83. The fourth-order valence-electron chi connectivity index (χ4n) is 3.85. The third kappa shape index (κ3) is 7.74. The summed E-state index contributed by atoms with van der Waals surface area (Å²) in [5.74, 6) is 2.19. The molecule has 2 heterocycles. The van der Waals surface area contributed by atoms with Crippen molar-refractivity contribution in [1.29, 1.82) is 0 Å². The Balaban J connectivity index is 1.43. The summed E-state index contributed by atoms with van der Waals surface area (Å²) in [6.07, 6.45) is 9.64. The molecular formula is C24H36N6O. The van der Waals surface area contributed by atoms with Crippen LogP contribution < -0.4 is 10.6 Å². The summed E-state index contributed by atoms with van der Waals surface area (Å²) in [6, 6.07) is 10.4. The molecule has 0 saturated carbocycles. The lowest BCUT2D eigenvalue weighted by Gasteiger charge is -2.20. The van der Waals surface area contributed by atoms with Crippen LogP contribution in [0.25, 0.3) is 0 Å². The summed E-state index contributed by atoms with van der Waals surface area (Å²) in [5.41, 5.74) is 1.27. The lowest BCUT2D eigenvalue weighted by Crippen LogP contribution is -2.39. The molecule has 1 aliphatic rings. The molecule has 0 bridgehead atoms. The van der Waals surface area contributed by atoms with Gasteiger partial charge in [-0.15, -0.1) is 0 Å². The fraction of sp³-hybridized carbons (Fsp3) is 0.542. The molecule has 31 heavy (non-hydrogen) atoms. The third-order valence-corrected chi connectivity index (χ3v) is 5.51. The van der Waals surface area contributed by atoms with Crippen LogP contribution in [0.2, 0.25) is 0 Å². The number of carbonyl (C=O) groups excluding carboxylic acids is 1. The first-order chi connectivity index (χ1) is 15.3. The lowest BCUT2D eigenvalue weighted by atomic mass is 10.2. The molecule has 3 rings (SSSR count). The predicted molar refractivity (Wildman–Crippen MR) is 125 cm³/mol. The number of guanidine groups is 1. The number of nitrogens with one attached hydrogen (secondary N) is 2. The van der Waals surface area contributed by atoms with Crippen LogP contribution >= 0.6 is 0 Å². The molecule has 0 aliphatic carbocycles. The number of hydrogen-bond acceptors (Lipinski definition) is 3. The smallest absolute Gasteiger partial charge is 0.222 e. The van der Waals surface area contributed by atoms with Crippen molar-refractivity contribution >= 4 is 11.9 Å². The van der Waals surface area contributed by atoms with E-state index >= 15 is 0 Å². The second-order valence-electron chi connectivity index (χ2n) is 7.94. The minimum absolute atomic E-state index is 0.303. The number of imidazole rings is 1. The van der Waals surface area contributed by atoms with Crippen LogP contribution in [0.4, 0.5) is 0 Å². The third-order valence-electron chi connectivity index (χ3n) is 5.51. The molecule has 1 saturated heterocycles. The second kappa shape index (κ2) is 12.8. The van der Waals surface area contributed by atoms with Gasteiger partial charge in [-0.25, -0.2) is 4.98 Å². The SMILES string of the molecule is CCNC(=NCCCN1CCCCCC1=O)NCCc1nccn1Cc1ccccc1. The zero-order valence-corrected chi connectivity index (χ0v) is 18.7. The number of rotatable bonds is 10. The number of amides is 1. The summed E-state index contributed by atoms with van der Waals surface area (Å²) in [6.45, 7) is 6.90. The average molecular weight is 425 g/mol. The number of aliphatic imine (C=N–C) groups is 1. The predicted octanol–water partition coefficient (Wildman–Crippen LogP) is 2.82. The van der Waals surface area contributed by atoms with E-state index in [2.05, 4.69) is 56.4 Å². The van der Waals surface area contributed by atoms with Crippen LogP contribution in [0.3, 0.4) is 0 Å². The first kappa shape index (κ1) is 22.8. The van der Waals surface area contributed by atoms with Gasteiger partial charge >= 0.3 is 0 Å². The standard InChI is InChI=1S/C24H36N6O/c1-2-25-24(27-14-9-18-29-17-8-4-7-12-23(29)31)28-15-13-22-26-16-19-30(22)20-21-10-5-3-6-11-21/h3,5-6,10-11,16,19H,2,4,7-9,12-15,17-18,20H2,1H3,(H2,25,27,28). The van der Waals surface area contributed by atoms with Crippen LogP contribution in [0.1, 0.15) is 50.4 Å². The molecule has 1 amide bonds. The average Bonchev–Trinajstić information content (AvgIpc) is 3.11. The van der Waals surface area contributed by atoms with Gasteiger partial charge in [0, 0.05) is 64.5 Å². The zero-order chi connectivity index (χ0) is 21.7. The highest BCUT2D eigenvalue weighted by atomic mass is 16.2. The molecule has 1 aliphatic heterocycles. The minimum Gasteiger partial charge on any atom is -0.357 e. The van der Waals surface area contributed by atoms with E-state index in [0.717, 1.165) is 70.2 Å². The Kier molecular flexibility index (Phi) is 9.41. The molecule has 7 heteroatoms. The van der Waals surface area contributed by atoms with Crippen LogP contribution in [-0.2, 0) is 17.8 Å². The number of nitrogens with zero attached hydrogens (tertiary/aromatic N) is 4. The first-order valence-electron chi connectivity index (χ1n) is 11.6. The van der Waals surface area contributed by atoms with E-state index in [9.17, 15) is 4.79 Å². The van der Waals surface area contributed by atoms with E-state index in [-0.39, 0.29) is 0 Å². The molecule has 7 nitrogen and oxygen atoms in total. The highest BCUT2D eigenvalue weighted by molar-refractivity contribution is 5.79. The van der Waals surface area contributed by atoms with Crippen molar-refractivity contribution in [1.82, 2.24) is 25.1 Å². The normalized spacial score (nSPS) is 15.1. The summed E-state index contributed by atoms with van der Waals surface area (Å²) in [4.78, 5) is 23.3. The van der Waals surface area contributed by atoms with Gasteiger partial charge in [-0.1, -0.05) is 36.8 Å². The van der Waals surface area contributed by atoms with Crippen LogP contribution in [0, 0.1) is 0 Å². The fourth-order valence-corrected chi connectivity index (χ4v) is 3.85. The van der Waals surface area contributed by atoms with Crippen molar-refractivity contribution in [3.05, 3.63) is 54.1 Å². The largest absolute Gasteiger partial charge is 0.357 e. The quantitative estimate of drug-likeness (QED) is 0.349. The van der Waals surface area contributed by atoms with Gasteiger partial charge in [0.05, 0.1) is 0 Å². The maximum absolute atomic E-state index is 12.1. The summed E-state index contributed by atoms with van der Waals surface area (Å²) in [7, 11) is 0. The Bertz CT molecular complexity index is 816. The topological polar surface area (TPSA) is 74.6 Å². The Morgan fingerprint density at radius 1 is 1.16 bits per heavy atom. The van der Waals surface area contributed by atoms with Crippen molar-refractivity contribution < 1.29 is 4.79 Å². The van der Waals surface area contributed by atoms with Crippen molar-refractivity contribution in [3.63, 3.8) is 0 Å². The zero-order valence-electron chi connectivity index (χ0n) is 18.7. The Morgan fingerprint density at radius 2 is 2.03 bits per heavy atom. The first-order valence-corrected chi connectivity index (χ1v) is 11.6. The Labute approximate surface area is 186 Å². The van der Waals surface area contributed by atoms with Gasteiger partial charge in [-0.05, 0) is 31.7 Å². The van der Waals surface area contributed by atoms with Gasteiger partial charge in [-0.3, -0.25) is 9.79 Å². The summed E-state index contributed by atoms with van der Waals surface area (Å²) in [5, 5.41) is 6.72. The van der Waals surface area contributed by atoms with Crippen molar-refractivity contribution in [3.8, 4) is 0 Å². The maximum atomic E-state index is 12.1. The highest BCUT2D eigenvalue weighted by Crippen LogP contribution is 2.11. The number of likely N-dealkylation sites (tertiary alicyclic amines) is 1. The van der Waals surface area contributed by atoms with E-state index in [0.29, 0.717) is 18.9 Å². The van der Waals surface area contributed by atoms with Gasteiger partial charge in [0.2, 0.25) is 5.91 Å². The van der Waals surface area contributed by atoms with Gasteiger partial charge < -0.3 is 20.1 Å². The molecule has 0 atom stereocenters. The van der Waals surface area contributed by atoms with E-state index in [1.54, 1.807) is 0 Å². The maximum Gasteiger partial charge on any atom is 0.222 e. The molecule has 1 fully saturated rings. The molecule has 2 N–H and O–H groups in total. The molecule has 168 valence electrons. The summed E-state index contributed by atoms with van der Waals surface area (Å²) >= 11 is 0. The van der Waals surface area contributed by atoms with Gasteiger partial charge in [0.25, 0.3) is 0 Å². The van der Waals surface area contributed by atoms with E-state index in [1.807, 2.05) is 23.4 Å². The van der Waals surface area contributed by atoms with Crippen molar-refractivity contribution in [2.24, 2.45) is 4.99 Å². The van der Waals surface area contributed by atoms with Crippen LogP contribution in [0.15, 0.2) is 47.7 Å². The Morgan fingerprint density at radius 3 is 2.87 bits per heavy atom. The van der Waals surface area contributed by atoms with Crippen LogP contribution in [-0.4, -0.2) is 59.0 Å². The molecule has 0 unspecified atom stereocenters. The number of aromatic nitrogens is 2. The monoisotopic (exact) mass is 424 g/mol.